The van der Waals surface area contributed by atoms with Gasteiger partial charge in [0.25, 0.3) is 0 Å². The summed E-state index contributed by atoms with van der Waals surface area (Å²) in [5, 5.41) is 10.8. The molecule has 100 valence electrons. The molecule has 1 aromatic carbocycles. The minimum Gasteiger partial charge on any atom is -0.390 e. The maximum absolute atomic E-state index is 13.7. The van der Waals surface area contributed by atoms with Gasteiger partial charge in [0.15, 0.2) is 0 Å². The second kappa shape index (κ2) is 4.65. The molecule has 0 spiro atoms. The fourth-order valence-corrected chi connectivity index (χ4v) is 3.83. The molecule has 1 nitrogen and oxygen atoms in total. The molecule has 0 bridgehead atoms. The van der Waals surface area contributed by atoms with Crippen molar-refractivity contribution < 1.29 is 9.50 Å². The molecule has 2 atom stereocenters. The van der Waals surface area contributed by atoms with Crippen molar-refractivity contribution in [1.29, 1.82) is 0 Å². The zero-order valence-electron chi connectivity index (χ0n) is 11.5. The Bertz CT molecular complexity index is 427. The Morgan fingerprint density at radius 1 is 1.28 bits per heavy atom. The quantitative estimate of drug-likeness (QED) is 0.842. The van der Waals surface area contributed by atoms with Gasteiger partial charge in [-0.3, -0.25) is 0 Å². The van der Waals surface area contributed by atoms with E-state index in [-0.39, 0.29) is 11.2 Å². The Labute approximate surface area is 109 Å². The van der Waals surface area contributed by atoms with E-state index in [2.05, 4.69) is 20.8 Å². The Balaban J connectivity index is 2.19. The average molecular weight is 250 g/mol. The number of hydrogen-bond donors (Lipinski definition) is 1. The minimum absolute atomic E-state index is 0.137. The smallest absolute Gasteiger partial charge is 0.126 e. The van der Waals surface area contributed by atoms with Gasteiger partial charge in [0.2, 0.25) is 0 Å². The molecule has 1 aromatic rings. The highest BCUT2D eigenvalue weighted by molar-refractivity contribution is 5.20. The van der Waals surface area contributed by atoms with Gasteiger partial charge in [0.05, 0.1) is 5.60 Å². The van der Waals surface area contributed by atoms with Crippen LogP contribution in [0.1, 0.15) is 45.6 Å². The number of hydrogen-bond acceptors (Lipinski definition) is 1. The Morgan fingerprint density at radius 3 is 2.56 bits per heavy atom. The first-order valence-corrected chi connectivity index (χ1v) is 6.76. The number of aliphatic hydroxyl groups is 1. The van der Waals surface area contributed by atoms with Crippen LogP contribution in [0.4, 0.5) is 4.39 Å². The third-order valence-corrected chi connectivity index (χ3v) is 3.91. The van der Waals surface area contributed by atoms with Gasteiger partial charge in [-0.15, -0.1) is 0 Å². The SMILES string of the molecule is CC1CC(C)(C)CC(O)(Cc2ccccc2F)C1. The summed E-state index contributed by atoms with van der Waals surface area (Å²) in [6, 6.07) is 6.77. The lowest BCUT2D eigenvalue weighted by Crippen LogP contribution is -2.43. The summed E-state index contributed by atoms with van der Waals surface area (Å²) in [7, 11) is 0. The molecule has 2 rings (SSSR count). The second-order valence-electron chi connectivity index (χ2n) is 6.85. The highest BCUT2D eigenvalue weighted by atomic mass is 19.1. The van der Waals surface area contributed by atoms with Crippen LogP contribution < -0.4 is 0 Å². The van der Waals surface area contributed by atoms with E-state index in [1.165, 1.54) is 6.07 Å². The fraction of sp³-hybridized carbons (Fsp3) is 0.625. The van der Waals surface area contributed by atoms with Crippen LogP contribution >= 0.6 is 0 Å². The predicted molar refractivity (Wildman–Crippen MR) is 71.8 cm³/mol. The first kappa shape index (κ1) is 13.5. The molecular weight excluding hydrogens is 227 g/mol. The topological polar surface area (TPSA) is 20.2 Å². The fourth-order valence-electron chi connectivity index (χ4n) is 3.83. The van der Waals surface area contributed by atoms with Gasteiger partial charge in [-0.25, -0.2) is 4.39 Å². The van der Waals surface area contributed by atoms with E-state index in [0.29, 0.717) is 17.9 Å². The average Bonchev–Trinajstić information content (AvgIpc) is 2.17. The van der Waals surface area contributed by atoms with Crippen molar-refractivity contribution in [1.82, 2.24) is 0 Å². The summed E-state index contributed by atoms with van der Waals surface area (Å²) in [5.41, 5.74) is 0.00556. The van der Waals surface area contributed by atoms with E-state index in [1.807, 2.05) is 6.07 Å². The zero-order valence-corrected chi connectivity index (χ0v) is 11.5. The van der Waals surface area contributed by atoms with Gasteiger partial charge >= 0.3 is 0 Å². The molecule has 1 fully saturated rings. The van der Waals surface area contributed by atoms with Crippen molar-refractivity contribution in [3.8, 4) is 0 Å². The van der Waals surface area contributed by atoms with Gasteiger partial charge in [-0.1, -0.05) is 39.0 Å². The molecule has 1 N–H and O–H groups in total. The molecule has 0 aromatic heterocycles. The van der Waals surface area contributed by atoms with Crippen LogP contribution in [0, 0.1) is 17.2 Å². The van der Waals surface area contributed by atoms with E-state index < -0.39 is 5.60 Å². The summed E-state index contributed by atoms with van der Waals surface area (Å²) in [4.78, 5) is 0. The third kappa shape index (κ3) is 3.11. The molecule has 0 radical (unpaired) electrons. The number of rotatable bonds is 2. The van der Waals surface area contributed by atoms with Gasteiger partial charge in [-0.05, 0) is 42.2 Å². The number of benzene rings is 1. The van der Waals surface area contributed by atoms with Crippen molar-refractivity contribution in [3.63, 3.8) is 0 Å². The largest absolute Gasteiger partial charge is 0.390 e. The van der Waals surface area contributed by atoms with E-state index >= 15 is 0 Å². The summed E-state index contributed by atoms with van der Waals surface area (Å²) in [6.45, 7) is 6.55. The van der Waals surface area contributed by atoms with Crippen molar-refractivity contribution in [2.24, 2.45) is 11.3 Å². The highest BCUT2D eigenvalue weighted by Gasteiger charge is 2.41. The Kier molecular flexibility index (Phi) is 3.50. The standard InChI is InChI=1S/C16H23FO/c1-12-8-15(2,3)11-16(18,9-12)10-13-6-4-5-7-14(13)17/h4-7,12,18H,8-11H2,1-3H3. The Hall–Kier alpha value is -0.890. The third-order valence-electron chi connectivity index (χ3n) is 3.91. The van der Waals surface area contributed by atoms with Crippen LogP contribution in [0.2, 0.25) is 0 Å². The first-order chi connectivity index (χ1) is 8.30. The lowest BCUT2D eigenvalue weighted by atomic mass is 9.64. The van der Waals surface area contributed by atoms with Crippen molar-refractivity contribution in [2.45, 2.75) is 52.1 Å². The van der Waals surface area contributed by atoms with Crippen LogP contribution in [-0.4, -0.2) is 10.7 Å². The molecule has 0 aliphatic heterocycles. The van der Waals surface area contributed by atoms with Crippen molar-refractivity contribution in [2.75, 3.05) is 0 Å². The lowest BCUT2D eigenvalue weighted by Gasteiger charge is -2.44. The van der Waals surface area contributed by atoms with Crippen LogP contribution in [-0.2, 0) is 6.42 Å². The molecule has 0 saturated heterocycles. The predicted octanol–water partition coefficient (Wildman–Crippen LogP) is 3.95. The van der Waals surface area contributed by atoms with E-state index in [4.69, 9.17) is 0 Å². The van der Waals surface area contributed by atoms with Gasteiger partial charge in [0, 0.05) is 6.42 Å². The summed E-state index contributed by atoms with van der Waals surface area (Å²) < 4.78 is 13.7. The first-order valence-electron chi connectivity index (χ1n) is 6.76. The molecule has 0 heterocycles. The Morgan fingerprint density at radius 2 is 1.94 bits per heavy atom. The van der Waals surface area contributed by atoms with Crippen molar-refractivity contribution in [3.05, 3.63) is 35.6 Å². The monoisotopic (exact) mass is 250 g/mol. The molecular formula is C16H23FO. The molecule has 1 aliphatic rings. The maximum Gasteiger partial charge on any atom is 0.126 e. The molecule has 2 unspecified atom stereocenters. The molecule has 2 heteroatoms. The van der Waals surface area contributed by atoms with Crippen LogP contribution in [0.3, 0.4) is 0 Å². The molecule has 1 saturated carbocycles. The van der Waals surface area contributed by atoms with Gasteiger partial charge in [0.1, 0.15) is 5.82 Å². The highest BCUT2D eigenvalue weighted by Crippen LogP contribution is 2.45. The van der Waals surface area contributed by atoms with Crippen LogP contribution in [0.25, 0.3) is 0 Å². The zero-order chi connectivity index (χ0) is 13.4. The maximum atomic E-state index is 13.7. The molecule has 1 aliphatic carbocycles. The second-order valence-corrected chi connectivity index (χ2v) is 6.85. The summed E-state index contributed by atoms with van der Waals surface area (Å²) in [5.74, 6) is 0.285. The van der Waals surface area contributed by atoms with E-state index in [1.54, 1.807) is 12.1 Å². The van der Waals surface area contributed by atoms with E-state index in [9.17, 15) is 9.50 Å². The number of halogens is 1. The van der Waals surface area contributed by atoms with Gasteiger partial charge < -0.3 is 5.11 Å². The van der Waals surface area contributed by atoms with E-state index in [0.717, 1.165) is 19.3 Å². The minimum atomic E-state index is -0.761. The van der Waals surface area contributed by atoms with Gasteiger partial charge in [-0.2, -0.15) is 0 Å². The van der Waals surface area contributed by atoms with Crippen molar-refractivity contribution >= 4 is 0 Å². The molecule has 0 amide bonds. The molecule has 18 heavy (non-hydrogen) atoms. The van der Waals surface area contributed by atoms with Crippen LogP contribution in [0.15, 0.2) is 24.3 Å². The lowest BCUT2D eigenvalue weighted by molar-refractivity contribution is -0.0579. The van der Waals surface area contributed by atoms with Crippen LogP contribution in [0.5, 0.6) is 0 Å². The normalized spacial score (nSPS) is 31.3. The summed E-state index contributed by atoms with van der Waals surface area (Å²) in [6.07, 6.45) is 3.07. The summed E-state index contributed by atoms with van der Waals surface area (Å²) >= 11 is 0.